The summed E-state index contributed by atoms with van der Waals surface area (Å²) in [5.74, 6) is -2.53. The summed E-state index contributed by atoms with van der Waals surface area (Å²) in [4.78, 5) is 54.0. The number of carboxylic acid groups (broad SMARTS) is 1. The van der Waals surface area contributed by atoms with Crippen LogP contribution in [-0.2, 0) is 19.2 Å². The minimum absolute atomic E-state index is 0.103. The van der Waals surface area contributed by atoms with Crippen molar-refractivity contribution in [3.8, 4) is 0 Å². The summed E-state index contributed by atoms with van der Waals surface area (Å²) in [6, 6.07) is -3.87. The second kappa shape index (κ2) is 18.7. The van der Waals surface area contributed by atoms with E-state index in [9.17, 15) is 24.3 Å². The molecule has 0 heterocycles. The highest BCUT2D eigenvalue weighted by atomic mass is 32.2. The number of nitrogens with one attached hydrogen (secondary N) is 3. The monoisotopic (exact) mass is 532 g/mol. The van der Waals surface area contributed by atoms with E-state index in [1.54, 1.807) is 13.8 Å². The van der Waals surface area contributed by atoms with Gasteiger partial charge in [-0.05, 0) is 63.0 Å². The van der Waals surface area contributed by atoms with Crippen LogP contribution in [-0.4, -0.2) is 84.0 Å². The Labute approximate surface area is 217 Å². The van der Waals surface area contributed by atoms with Gasteiger partial charge in [-0.1, -0.05) is 13.8 Å². The van der Waals surface area contributed by atoms with Gasteiger partial charge in [-0.15, -0.1) is 0 Å². The number of aliphatic imine (C=N–C) groups is 1. The van der Waals surface area contributed by atoms with Gasteiger partial charge in [0.2, 0.25) is 17.7 Å². The van der Waals surface area contributed by atoms with Crippen molar-refractivity contribution < 1.29 is 24.3 Å². The minimum atomic E-state index is -1.21. The number of thioether (sulfide) groups is 1. The second-order valence-electron chi connectivity index (χ2n) is 8.81. The number of nitrogens with two attached hydrogens (primary N) is 4. The zero-order valence-electron chi connectivity index (χ0n) is 21.5. The highest BCUT2D eigenvalue weighted by molar-refractivity contribution is 7.98. The third kappa shape index (κ3) is 14.1. The molecule has 208 valence electrons. The summed E-state index contributed by atoms with van der Waals surface area (Å²) in [5, 5.41) is 17.4. The SMILES string of the molecule is CSCCC(NC(=O)C(CCCCN)NC(=O)C(N)C(C)C)C(=O)NC(CCCN=C(N)N)C(=O)O. The van der Waals surface area contributed by atoms with E-state index in [2.05, 4.69) is 20.9 Å². The molecular weight excluding hydrogens is 488 g/mol. The predicted molar refractivity (Wildman–Crippen MR) is 142 cm³/mol. The topological polar surface area (TPSA) is 241 Å². The van der Waals surface area contributed by atoms with Crippen molar-refractivity contribution in [3.05, 3.63) is 0 Å². The highest BCUT2D eigenvalue weighted by Gasteiger charge is 2.30. The van der Waals surface area contributed by atoms with Crippen molar-refractivity contribution in [2.45, 2.75) is 76.5 Å². The normalized spacial score (nSPS) is 14.3. The lowest BCUT2D eigenvalue weighted by atomic mass is 10.0. The molecule has 13 nitrogen and oxygen atoms in total. The van der Waals surface area contributed by atoms with Crippen LogP contribution in [0.5, 0.6) is 0 Å². The molecule has 0 aliphatic rings. The van der Waals surface area contributed by atoms with Crippen LogP contribution in [0.25, 0.3) is 0 Å². The molecular formula is C22H44N8O5S. The van der Waals surface area contributed by atoms with Gasteiger partial charge in [0.05, 0.1) is 6.04 Å². The van der Waals surface area contributed by atoms with Crippen LogP contribution >= 0.6 is 11.8 Å². The summed E-state index contributed by atoms with van der Waals surface area (Å²) in [7, 11) is 0. The Morgan fingerprint density at radius 2 is 1.39 bits per heavy atom. The number of unbranched alkanes of at least 4 members (excludes halogenated alkanes) is 1. The zero-order chi connectivity index (χ0) is 27.7. The van der Waals surface area contributed by atoms with Gasteiger partial charge >= 0.3 is 5.97 Å². The first-order valence-electron chi connectivity index (χ1n) is 12.1. The maximum absolute atomic E-state index is 13.1. The van der Waals surface area contributed by atoms with Gasteiger partial charge in [0.25, 0.3) is 0 Å². The van der Waals surface area contributed by atoms with E-state index in [1.807, 2.05) is 6.26 Å². The molecule has 0 rings (SSSR count). The fourth-order valence-electron chi connectivity index (χ4n) is 3.14. The average molecular weight is 533 g/mol. The third-order valence-electron chi connectivity index (χ3n) is 5.40. The van der Waals surface area contributed by atoms with Crippen molar-refractivity contribution in [2.75, 3.05) is 25.1 Å². The molecule has 0 spiro atoms. The Balaban J connectivity index is 5.43. The zero-order valence-corrected chi connectivity index (χ0v) is 22.3. The largest absolute Gasteiger partial charge is 0.480 e. The Hall–Kier alpha value is -2.58. The van der Waals surface area contributed by atoms with Gasteiger partial charge in [0.15, 0.2) is 5.96 Å². The lowest BCUT2D eigenvalue weighted by Crippen LogP contribution is -2.57. The summed E-state index contributed by atoms with van der Waals surface area (Å²) in [6.45, 7) is 4.25. The maximum atomic E-state index is 13.1. The molecule has 36 heavy (non-hydrogen) atoms. The van der Waals surface area contributed by atoms with Crippen LogP contribution in [0, 0.1) is 5.92 Å². The van der Waals surface area contributed by atoms with E-state index in [-0.39, 0.29) is 31.3 Å². The van der Waals surface area contributed by atoms with Crippen molar-refractivity contribution in [1.82, 2.24) is 16.0 Å². The number of guanidine groups is 1. The van der Waals surface area contributed by atoms with E-state index >= 15 is 0 Å². The van der Waals surface area contributed by atoms with Crippen molar-refractivity contribution in [3.63, 3.8) is 0 Å². The standard InChI is InChI=1S/C22H44N8O5S/c1-13(2)17(24)20(33)29-14(7-4-5-10-23)18(31)28-15(9-12-36-3)19(32)30-16(21(34)35)8-6-11-27-22(25)26/h13-17H,4-12,23-24H2,1-3H3,(H,28,31)(H,29,33)(H,30,32)(H,34,35)(H4,25,26,27). The van der Waals surface area contributed by atoms with Crippen molar-refractivity contribution >= 4 is 41.4 Å². The van der Waals surface area contributed by atoms with Crippen LogP contribution in [0.4, 0.5) is 0 Å². The van der Waals surface area contributed by atoms with E-state index in [0.717, 1.165) is 0 Å². The van der Waals surface area contributed by atoms with Crippen LogP contribution in [0.3, 0.4) is 0 Å². The van der Waals surface area contributed by atoms with Crippen LogP contribution in [0.2, 0.25) is 0 Å². The number of rotatable bonds is 19. The molecule has 0 fully saturated rings. The average Bonchev–Trinajstić information content (AvgIpc) is 2.81. The van der Waals surface area contributed by atoms with E-state index in [4.69, 9.17) is 22.9 Å². The van der Waals surface area contributed by atoms with Crippen LogP contribution < -0.4 is 38.9 Å². The number of amides is 3. The smallest absolute Gasteiger partial charge is 0.326 e. The molecule has 0 saturated carbocycles. The van der Waals surface area contributed by atoms with Gasteiger partial charge in [0.1, 0.15) is 18.1 Å². The summed E-state index contributed by atoms with van der Waals surface area (Å²) < 4.78 is 0. The molecule has 0 bridgehead atoms. The molecule has 0 aromatic carbocycles. The van der Waals surface area contributed by atoms with Gasteiger partial charge in [-0.2, -0.15) is 11.8 Å². The lowest BCUT2D eigenvalue weighted by molar-refractivity contribution is -0.142. The minimum Gasteiger partial charge on any atom is -0.480 e. The van der Waals surface area contributed by atoms with Gasteiger partial charge < -0.3 is 44.0 Å². The molecule has 14 heteroatoms. The summed E-state index contributed by atoms with van der Waals surface area (Å²) in [5.41, 5.74) is 22.0. The molecule has 0 aliphatic carbocycles. The Kier molecular flexibility index (Phi) is 17.3. The molecule has 3 amide bonds. The number of nitrogens with zero attached hydrogens (tertiary/aromatic N) is 1. The summed E-state index contributed by atoms with van der Waals surface area (Å²) in [6.07, 6.45) is 4.13. The fraction of sp³-hybridized carbons (Fsp3) is 0.773. The maximum Gasteiger partial charge on any atom is 0.326 e. The molecule has 0 aromatic heterocycles. The Morgan fingerprint density at radius 1 is 0.861 bits per heavy atom. The lowest BCUT2D eigenvalue weighted by Gasteiger charge is -2.25. The first kappa shape index (κ1) is 33.4. The number of aliphatic carboxylic acids is 1. The molecule has 0 radical (unpaired) electrons. The fourth-order valence-corrected chi connectivity index (χ4v) is 3.61. The van der Waals surface area contributed by atoms with Gasteiger partial charge in [0, 0.05) is 6.54 Å². The quantitative estimate of drug-likeness (QED) is 0.0540. The molecule has 0 aromatic rings. The predicted octanol–water partition coefficient (Wildman–Crippen LogP) is -1.56. The van der Waals surface area contributed by atoms with Crippen LogP contribution in [0.15, 0.2) is 4.99 Å². The van der Waals surface area contributed by atoms with E-state index in [1.165, 1.54) is 11.8 Å². The number of carbonyl (C=O) groups excluding carboxylic acids is 3. The Bertz CT molecular complexity index is 733. The number of carboxylic acids is 1. The highest BCUT2D eigenvalue weighted by Crippen LogP contribution is 2.08. The molecule has 0 aliphatic heterocycles. The first-order chi connectivity index (χ1) is 16.9. The number of hydrogen-bond donors (Lipinski definition) is 8. The summed E-state index contributed by atoms with van der Waals surface area (Å²) >= 11 is 1.48. The van der Waals surface area contributed by atoms with E-state index < -0.39 is 47.9 Å². The van der Waals surface area contributed by atoms with Gasteiger partial charge in [-0.3, -0.25) is 19.4 Å². The van der Waals surface area contributed by atoms with Crippen LogP contribution in [0.1, 0.15) is 52.4 Å². The van der Waals surface area contributed by atoms with E-state index in [0.29, 0.717) is 38.0 Å². The molecule has 12 N–H and O–H groups in total. The molecule has 4 atom stereocenters. The van der Waals surface area contributed by atoms with Gasteiger partial charge in [-0.25, -0.2) is 4.79 Å². The van der Waals surface area contributed by atoms with Crippen molar-refractivity contribution in [1.29, 1.82) is 0 Å². The number of hydrogen-bond acceptors (Lipinski definition) is 8. The number of carbonyl (C=O) groups is 4. The molecule has 0 saturated heterocycles. The second-order valence-corrected chi connectivity index (χ2v) is 9.79. The molecule has 4 unspecified atom stereocenters. The first-order valence-corrected chi connectivity index (χ1v) is 13.5. The third-order valence-corrected chi connectivity index (χ3v) is 6.05. The van der Waals surface area contributed by atoms with Crippen molar-refractivity contribution in [2.24, 2.45) is 33.8 Å². The Morgan fingerprint density at radius 3 is 1.89 bits per heavy atom.